The van der Waals surface area contributed by atoms with Crippen LogP contribution in [0.1, 0.15) is 31.3 Å². The second kappa shape index (κ2) is 5.38. The van der Waals surface area contributed by atoms with E-state index in [1.54, 1.807) is 12.5 Å². The topological polar surface area (TPSA) is 43.0 Å². The summed E-state index contributed by atoms with van der Waals surface area (Å²) >= 11 is 6.21. The zero-order valence-corrected chi connectivity index (χ0v) is 10.7. The van der Waals surface area contributed by atoms with E-state index in [0.717, 1.165) is 24.5 Å². The SMILES string of the molecule is CCNC(c1ccco1)c1c(Cl)cnn1CC. The van der Waals surface area contributed by atoms with Crippen molar-refractivity contribution in [2.45, 2.75) is 26.4 Å². The van der Waals surface area contributed by atoms with E-state index in [1.165, 1.54) is 0 Å². The highest BCUT2D eigenvalue weighted by molar-refractivity contribution is 6.31. The Balaban J connectivity index is 2.42. The standard InChI is InChI=1S/C12H16ClN3O/c1-3-14-11(10-6-5-7-17-10)12-9(13)8-15-16(12)4-2/h5-8,11,14H,3-4H2,1-2H3. The first-order chi connectivity index (χ1) is 8.27. The number of hydrogen-bond donors (Lipinski definition) is 1. The van der Waals surface area contributed by atoms with Crippen molar-refractivity contribution in [3.05, 3.63) is 41.1 Å². The first-order valence-corrected chi connectivity index (χ1v) is 6.13. The smallest absolute Gasteiger partial charge is 0.126 e. The van der Waals surface area contributed by atoms with Crippen LogP contribution in [0, 0.1) is 0 Å². The molecule has 92 valence electrons. The minimum atomic E-state index is -0.0510. The van der Waals surface area contributed by atoms with E-state index >= 15 is 0 Å². The van der Waals surface area contributed by atoms with Crippen molar-refractivity contribution in [3.63, 3.8) is 0 Å². The fourth-order valence-corrected chi connectivity index (χ4v) is 2.15. The molecule has 0 spiro atoms. The van der Waals surface area contributed by atoms with Gasteiger partial charge in [0, 0.05) is 6.54 Å². The maximum atomic E-state index is 6.21. The molecule has 4 nitrogen and oxygen atoms in total. The summed E-state index contributed by atoms with van der Waals surface area (Å²) in [6.45, 7) is 5.70. The Labute approximate surface area is 106 Å². The summed E-state index contributed by atoms with van der Waals surface area (Å²) in [5.74, 6) is 0.851. The third-order valence-electron chi connectivity index (χ3n) is 2.64. The Hall–Kier alpha value is -1.26. The summed E-state index contributed by atoms with van der Waals surface area (Å²) in [6, 6.07) is 3.77. The minimum absolute atomic E-state index is 0.0510. The van der Waals surface area contributed by atoms with Crippen LogP contribution in [0.2, 0.25) is 5.02 Å². The maximum Gasteiger partial charge on any atom is 0.126 e. The van der Waals surface area contributed by atoms with E-state index in [2.05, 4.69) is 17.3 Å². The van der Waals surface area contributed by atoms with Crippen LogP contribution < -0.4 is 5.32 Å². The third-order valence-corrected chi connectivity index (χ3v) is 2.93. The summed E-state index contributed by atoms with van der Waals surface area (Å²) < 4.78 is 7.35. The quantitative estimate of drug-likeness (QED) is 0.891. The van der Waals surface area contributed by atoms with Crippen molar-refractivity contribution in [3.8, 4) is 0 Å². The van der Waals surface area contributed by atoms with E-state index in [4.69, 9.17) is 16.0 Å². The van der Waals surface area contributed by atoms with E-state index in [1.807, 2.05) is 23.7 Å². The van der Waals surface area contributed by atoms with Crippen LogP contribution in [-0.4, -0.2) is 16.3 Å². The van der Waals surface area contributed by atoms with Crippen molar-refractivity contribution < 1.29 is 4.42 Å². The van der Waals surface area contributed by atoms with E-state index in [0.29, 0.717) is 5.02 Å². The molecule has 0 saturated heterocycles. The first kappa shape index (κ1) is 12.2. The fourth-order valence-electron chi connectivity index (χ4n) is 1.90. The molecule has 0 aliphatic carbocycles. The van der Waals surface area contributed by atoms with Crippen molar-refractivity contribution in [2.24, 2.45) is 0 Å². The Bertz CT molecular complexity index is 464. The molecule has 0 amide bonds. The normalized spacial score (nSPS) is 12.9. The van der Waals surface area contributed by atoms with Gasteiger partial charge in [-0.2, -0.15) is 5.10 Å². The van der Waals surface area contributed by atoms with Gasteiger partial charge in [0.15, 0.2) is 0 Å². The van der Waals surface area contributed by atoms with Gasteiger partial charge < -0.3 is 9.73 Å². The highest BCUT2D eigenvalue weighted by Gasteiger charge is 2.22. The molecule has 1 atom stereocenters. The van der Waals surface area contributed by atoms with Crippen molar-refractivity contribution in [1.29, 1.82) is 0 Å². The van der Waals surface area contributed by atoms with Gasteiger partial charge in [-0.1, -0.05) is 18.5 Å². The van der Waals surface area contributed by atoms with Gasteiger partial charge in [0.2, 0.25) is 0 Å². The molecule has 0 aliphatic heterocycles. The van der Waals surface area contributed by atoms with Gasteiger partial charge in [-0.05, 0) is 25.6 Å². The number of halogens is 1. The Morgan fingerprint density at radius 2 is 2.35 bits per heavy atom. The second-order valence-corrected chi connectivity index (χ2v) is 4.11. The van der Waals surface area contributed by atoms with Gasteiger partial charge in [-0.25, -0.2) is 0 Å². The number of aryl methyl sites for hydroxylation is 1. The van der Waals surface area contributed by atoms with Gasteiger partial charge in [0.05, 0.1) is 23.2 Å². The molecule has 0 radical (unpaired) electrons. The number of aromatic nitrogens is 2. The summed E-state index contributed by atoms with van der Waals surface area (Å²) in [7, 11) is 0. The van der Waals surface area contributed by atoms with Gasteiger partial charge in [-0.15, -0.1) is 0 Å². The zero-order chi connectivity index (χ0) is 12.3. The van der Waals surface area contributed by atoms with Crippen molar-refractivity contribution >= 4 is 11.6 Å². The highest BCUT2D eigenvalue weighted by Crippen LogP contribution is 2.28. The number of furan rings is 1. The monoisotopic (exact) mass is 253 g/mol. The molecule has 5 heteroatoms. The van der Waals surface area contributed by atoms with Crippen molar-refractivity contribution in [1.82, 2.24) is 15.1 Å². The number of nitrogens with zero attached hydrogens (tertiary/aromatic N) is 2. The number of nitrogens with one attached hydrogen (secondary N) is 1. The molecule has 1 N–H and O–H groups in total. The van der Waals surface area contributed by atoms with E-state index in [9.17, 15) is 0 Å². The lowest BCUT2D eigenvalue weighted by atomic mass is 10.1. The van der Waals surface area contributed by atoms with Gasteiger partial charge >= 0.3 is 0 Å². The molecule has 2 aromatic rings. The molecule has 1 unspecified atom stereocenters. The number of rotatable bonds is 5. The Morgan fingerprint density at radius 3 is 2.94 bits per heavy atom. The second-order valence-electron chi connectivity index (χ2n) is 3.70. The molecular formula is C12H16ClN3O. The molecule has 2 rings (SSSR count). The molecule has 2 heterocycles. The lowest BCUT2D eigenvalue weighted by Crippen LogP contribution is -2.24. The zero-order valence-electron chi connectivity index (χ0n) is 9.98. The molecule has 0 bridgehead atoms. The summed E-state index contributed by atoms with van der Waals surface area (Å²) in [6.07, 6.45) is 3.34. The van der Waals surface area contributed by atoms with Gasteiger partial charge in [0.1, 0.15) is 11.8 Å². The lowest BCUT2D eigenvalue weighted by molar-refractivity contribution is 0.432. The fraction of sp³-hybridized carbons (Fsp3) is 0.417. The third kappa shape index (κ3) is 2.37. The van der Waals surface area contributed by atoms with Crippen LogP contribution in [-0.2, 0) is 6.54 Å². The highest BCUT2D eigenvalue weighted by atomic mass is 35.5. The average molecular weight is 254 g/mol. The minimum Gasteiger partial charge on any atom is -0.467 e. The molecule has 0 aromatic carbocycles. The van der Waals surface area contributed by atoms with E-state index in [-0.39, 0.29) is 6.04 Å². The van der Waals surface area contributed by atoms with E-state index < -0.39 is 0 Å². The average Bonchev–Trinajstić information content (AvgIpc) is 2.95. The molecular weight excluding hydrogens is 238 g/mol. The lowest BCUT2D eigenvalue weighted by Gasteiger charge is -2.17. The van der Waals surface area contributed by atoms with Gasteiger partial charge in [-0.3, -0.25) is 4.68 Å². The molecule has 0 saturated carbocycles. The summed E-state index contributed by atoms with van der Waals surface area (Å²) in [4.78, 5) is 0. The van der Waals surface area contributed by atoms with Crippen LogP contribution in [0.5, 0.6) is 0 Å². The molecule has 17 heavy (non-hydrogen) atoms. The van der Waals surface area contributed by atoms with Crippen molar-refractivity contribution in [2.75, 3.05) is 6.54 Å². The van der Waals surface area contributed by atoms with Gasteiger partial charge in [0.25, 0.3) is 0 Å². The molecule has 0 aliphatic rings. The largest absolute Gasteiger partial charge is 0.467 e. The molecule has 2 aromatic heterocycles. The Kier molecular flexibility index (Phi) is 3.86. The first-order valence-electron chi connectivity index (χ1n) is 5.75. The maximum absolute atomic E-state index is 6.21. The van der Waals surface area contributed by atoms with Crippen LogP contribution >= 0.6 is 11.6 Å². The summed E-state index contributed by atoms with van der Waals surface area (Å²) in [5, 5.41) is 8.28. The Morgan fingerprint density at radius 1 is 1.53 bits per heavy atom. The van der Waals surface area contributed by atoms with Crippen LogP contribution in [0.25, 0.3) is 0 Å². The summed E-state index contributed by atoms with van der Waals surface area (Å²) in [5.41, 5.74) is 0.950. The predicted octanol–water partition coefficient (Wildman–Crippen LogP) is 2.85. The van der Waals surface area contributed by atoms with Crippen LogP contribution in [0.4, 0.5) is 0 Å². The van der Waals surface area contributed by atoms with Crippen LogP contribution in [0.3, 0.4) is 0 Å². The predicted molar refractivity (Wildman–Crippen MR) is 67.1 cm³/mol. The van der Waals surface area contributed by atoms with Crippen LogP contribution in [0.15, 0.2) is 29.0 Å². The number of hydrogen-bond acceptors (Lipinski definition) is 3. The molecule has 0 fully saturated rings.